The van der Waals surface area contributed by atoms with Crippen molar-refractivity contribution in [1.29, 1.82) is 0 Å². The van der Waals surface area contributed by atoms with Gasteiger partial charge in [-0.1, -0.05) is 19.1 Å². The van der Waals surface area contributed by atoms with Crippen LogP contribution in [0.4, 0.5) is 0 Å². The average molecular weight is 287 g/mol. The standard InChI is InChI=1S/C16H17NO4/c1-2-10-20-14-4-3-9-17-16(14)21-13-7-5-12(6-8-13)11-15(18)19/h3-9H,2,10-11H2,1H3,(H,18,19). The summed E-state index contributed by atoms with van der Waals surface area (Å²) in [6, 6.07) is 10.5. The highest BCUT2D eigenvalue weighted by Crippen LogP contribution is 2.29. The van der Waals surface area contributed by atoms with E-state index in [1.54, 1.807) is 42.6 Å². The van der Waals surface area contributed by atoms with Crippen LogP contribution in [0.2, 0.25) is 0 Å². The predicted molar refractivity (Wildman–Crippen MR) is 77.9 cm³/mol. The first-order valence-electron chi connectivity index (χ1n) is 6.75. The maximum Gasteiger partial charge on any atom is 0.307 e. The van der Waals surface area contributed by atoms with Crippen molar-refractivity contribution in [3.63, 3.8) is 0 Å². The van der Waals surface area contributed by atoms with Crippen LogP contribution in [0.15, 0.2) is 42.6 Å². The molecule has 0 aliphatic carbocycles. The molecule has 0 aliphatic rings. The molecule has 0 unspecified atom stereocenters. The fourth-order valence-electron chi connectivity index (χ4n) is 1.74. The number of aromatic nitrogens is 1. The predicted octanol–water partition coefficient (Wildman–Crippen LogP) is 3.29. The molecule has 0 fully saturated rings. The Bertz CT molecular complexity index is 595. The first-order chi connectivity index (χ1) is 10.2. The summed E-state index contributed by atoms with van der Waals surface area (Å²) in [6.07, 6.45) is 2.53. The summed E-state index contributed by atoms with van der Waals surface area (Å²) < 4.78 is 11.3. The van der Waals surface area contributed by atoms with E-state index in [0.29, 0.717) is 24.0 Å². The number of rotatable bonds is 7. The lowest BCUT2D eigenvalue weighted by Crippen LogP contribution is -2.00. The number of hydrogen-bond donors (Lipinski definition) is 1. The second-order valence-corrected chi connectivity index (χ2v) is 4.47. The lowest BCUT2D eigenvalue weighted by molar-refractivity contribution is -0.136. The van der Waals surface area contributed by atoms with E-state index < -0.39 is 5.97 Å². The zero-order chi connectivity index (χ0) is 15.1. The number of carboxylic acids is 1. The van der Waals surface area contributed by atoms with Gasteiger partial charge in [0, 0.05) is 6.20 Å². The Balaban J connectivity index is 2.09. The number of benzene rings is 1. The van der Waals surface area contributed by atoms with Crippen molar-refractivity contribution in [2.45, 2.75) is 19.8 Å². The van der Waals surface area contributed by atoms with Crippen LogP contribution < -0.4 is 9.47 Å². The van der Waals surface area contributed by atoms with Gasteiger partial charge in [-0.3, -0.25) is 4.79 Å². The van der Waals surface area contributed by atoms with E-state index in [-0.39, 0.29) is 6.42 Å². The molecule has 0 radical (unpaired) electrons. The number of pyridine rings is 1. The van der Waals surface area contributed by atoms with E-state index in [2.05, 4.69) is 4.98 Å². The number of ether oxygens (including phenoxy) is 2. The van der Waals surface area contributed by atoms with E-state index in [4.69, 9.17) is 14.6 Å². The largest absolute Gasteiger partial charge is 0.488 e. The molecule has 1 heterocycles. The average Bonchev–Trinajstić information content (AvgIpc) is 2.48. The van der Waals surface area contributed by atoms with Crippen LogP contribution in [-0.4, -0.2) is 22.7 Å². The number of carboxylic acid groups (broad SMARTS) is 1. The van der Waals surface area contributed by atoms with Gasteiger partial charge < -0.3 is 14.6 Å². The Hall–Kier alpha value is -2.56. The molecule has 0 spiro atoms. The Morgan fingerprint density at radius 3 is 2.67 bits per heavy atom. The molecule has 2 rings (SSSR count). The van der Waals surface area contributed by atoms with Gasteiger partial charge in [0.25, 0.3) is 5.88 Å². The topological polar surface area (TPSA) is 68.7 Å². The van der Waals surface area contributed by atoms with Crippen molar-refractivity contribution >= 4 is 5.97 Å². The molecule has 0 aliphatic heterocycles. The van der Waals surface area contributed by atoms with Gasteiger partial charge in [0.2, 0.25) is 0 Å². The maximum absolute atomic E-state index is 10.6. The molecule has 0 atom stereocenters. The van der Waals surface area contributed by atoms with Crippen molar-refractivity contribution in [2.75, 3.05) is 6.61 Å². The highest BCUT2D eigenvalue weighted by Gasteiger charge is 2.07. The third-order valence-electron chi connectivity index (χ3n) is 2.69. The number of carbonyl (C=O) groups is 1. The monoisotopic (exact) mass is 287 g/mol. The number of nitrogens with zero attached hydrogens (tertiary/aromatic N) is 1. The molecule has 2 aromatic rings. The van der Waals surface area contributed by atoms with Crippen LogP contribution in [-0.2, 0) is 11.2 Å². The van der Waals surface area contributed by atoms with Gasteiger partial charge in [-0.25, -0.2) is 4.98 Å². The Morgan fingerprint density at radius 1 is 1.24 bits per heavy atom. The second kappa shape index (κ2) is 7.28. The van der Waals surface area contributed by atoms with Crippen LogP contribution in [0.1, 0.15) is 18.9 Å². The summed E-state index contributed by atoms with van der Waals surface area (Å²) in [5.74, 6) is 0.721. The minimum Gasteiger partial charge on any atom is -0.488 e. The first kappa shape index (κ1) is 14.8. The molecule has 0 saturated carbocycles. The SMILES string of the molecule is CCCOc1cccnc1Oc1ccc(CC(=O)O)cc1. The third-order valence-corrected chi connectivity index (χ3v) is 2.69. The van der Waals surface area contributed by atoms with Crippen molar-refractivity contribution in [1.82, 2.24) is 4.98 Å². The van der Waals surface area contributed by atoms with Crippen molar-refractivity contribution < 1.29 is 19.4 Å². The summed E-state index contributed by atoms with van der Waals surface area (Å²) in [4.78, 5) is 14.8. The maximum atomic E-state index is 10.6. The summed E-state index contributed by atoms with van der Waals surface area (Å²) in [5.41, 5.74) is 0.721. The summed E-state index contributed by atoms with van der Waals surface area (Å²) >= 11 is 0. The molecule has 1 N–H and O–H groups in total. The molecule has 5 heteroatoms. The highest BCUT2D eigenvalue weighted by atomic mass is 16.5. The Morgan fingerprint density at radius 2 is 2.00 bits per heavy atom. The third kappa shape index (κ3) is 4.49. The quantitative estimate of drug-likeness (QED) is 0.846. The highest BCUT2D eigenvalue weighted by molar-refractivity contribution is 5.70. The lowest BCUT2D eigenvalue weighted by Gasteiger charge is -2.10. The van der Waals surface area contributed by atoms with E-state index in [0.717, 1.165) is 12.0 Å². The van der Waals surface area contributed by atoms with Crippen LogP contribution in [0.3, 0.4) is 0 Å². The van der Waals surface area contributed by atoms with Gasteiger partial charge in [-0.05, 0) is 36.2 Å². The molecule has 5 nitrogen and oxygen atoms in total. The van der Waals surface area contributed by atoms with Crippen LogP contribution in [0, 0.1) is 0 Å². The molecule has 110 valence electrons. The molecule has 1 aromatic heterocycles. The first-order valence-corrected chi connectivity index (χ1v) is 6.75. The van der Waals surface area contributed by atoms with Gasteiger partial charge in [0.05, 0.1) is 13.0 Å². The zero-order valence-electron chi connectivity index (χ0n) is 11.8. The van der Waals surface area contributed by atoms with E-state index >= 15 is 0 Å². The zero-order valence-corrected chi connectivity index (χ0v) is 11.8. The van der Waals surface area contributed by atoms with Gasteiger partial charge in [0.15, 0.2) is 5.75 Å². The Kier molecular flexibility index (Phi) is 5.15. The van der Waals surface area contributed by atoms with Crippen molar-refractivity contribution in [2.24, 2.45) is 0 Å². The smallest absolute Gasteiger partial charge is 0.307 e. The molecule has 0 bridgehead atoms. The van der Waals surface area contributed by atoms with E-state index in [9.17, 15) is 4.79 Å². The van der Waals surface area contributed by atoms with Gasteiger partial charge in [0.1, 0.15) is 5.75 Å². The van der Waals surface area contributed by atoms with Gasteiger partial charge in [-0.2, -0.15) is 0 Å². The molecule has 0 saturated heterocycles. The second-order valence-electron chi connectivity index (χ2n) is 4.47. The van der Waals surface area contributed by atoms with Crippen molar-refractivity contribution in [3.8, 4) is 17.4 Å². The van der Waals surface area contributed by atoms with Gasteiger partial charge in [-0.15, -0.1) is 0 Å². The Labute approximate surface area is 123 Å². The number of aliphatic carboxylic acids is 1. The minimum atomic E-state index is -0.858. The summed E-state index contributed by atoms with van der Waals surface area (Å²) in [5, 5.41) is 8.73. The lowest BCUT2D eigenvalue weighted by atomic mass is 10.1. The van der Waals surface area contributed by atoms with Crippen molar-refractivity contribution in [3.05, 3.63) is 48.2 Å². The summed E-state index contributed by atoms with van der Waals surface area (Å²) in [7, 11) is 0. The van der Waals surface area contributed by atoms with E-state index in [1.165, 1.54) is 0 Å². The normalized spacial score (nSPS) is 10.1. The fraction of sp³-hybridized carbons (Fsp3) is 0.250. The minimum absolute atomic E-state index is 0.00523. The fourth-order valence-corrected chi connectivity index (χ4v) is 1.74. The number of hydrogen-bond acceptors (Lipinski definition) is 4. The van der Waals surface area contributed by atoms with Crippen LogP contribution in [0.5, 0.6) is 17.4 Å². The summed E-state index contributed by atoms with van der Waals surface area (Å²) in [6.45, 7) is 2.62. The molecular weight excluding hydrogens is 270 g/mol. The molecule has 21 heavy (non-hydrogen) atoms. The van der Waals surface area contributed by atoms with Gasteiger partial charge >= 0.3 is 5.97 Å². The molecular formula is C16H17NO4. The van der Waals surface area contributed by atoms with Crippen LogP contribution >= 0.6 is 0 Å². The van der Waals surface area contributed by atoms with Crippen LogP contribution in [0.25, 0.3) is 0 Å². The molecule has 0 amide bonds. The molecule has 1 aromatic carbocycles. The van der Waals surface area contributed by atoms with E-state index in [1.807, 2.05) is 6.92 Å².